The van der Waals surface area contributed by atoms with Gasteiger partial charge in [0, 0.05) is 24.4 Å². The van der Waals surface area contributed by atoms with Crippen molar-refractivity contribution in [3.8, 4) is 0 Å². The molecule has 6 heteroatoms. The minimum Gasteiger partial charge on any atom is -0.376 e. The van der Waals surface area contributed by atoms with E-state index in [1.807, 2.05) is 18.7 Å². The van der Waals surface area contributed by atoms with Gasteiger partial charge in [-0.15, -0.1) is 0 Å². The van der Waals surface area contributed by atoms with E-state index in [4.69, 9.17) is 4.74 Å². The van der Waals surface area contributed by atoms with Gasteiger partial charge in [0.2, 0.25) is 0 Å². The lowest BCUT2D eigenvalue weighted by Gasteiger charge is -2.30. The number of rotatable bonds is 4. The number of aryl methyl sites for hydroxylation is 2. The highest BCUT2D eigenvalue weighted by Crippen LogP contribution is 2.35. The van der Waals surface area contributed by atoms with Crippen LogP contribution in [-0.4, -0.2) is 46.4 Å². The third-order valence-electron chi connectivity index (χ3n) is 5.19. The maximum absolute atomic E-state index is 12.8. The Morgan fingerprint density at radius 2 is 2.26 bits per heavy atom. The molecule has 0 bridgehead atoms. The van der Waals surface area contributed by atoms with Crippen molar-refractivity contribution in [3.05, 3.63) is 17.0 Å². The van der Waals surface area contributed by atoms with E-state index >= 15 is 0 Å². The van der Waals surface area contributed by atoms with Crippen LogP contribution in [0.3, 0.4) is 0 Å². The summed E-state index contributed by atoms with van der Waals surface area (Å²) >= 11 is 0. The molecule has 2 N–H and O–H groups in total. The first-order valence-electron chi connectivity index (χ1n) is 8.82. The number of likely N-dealkylation sites (tertiary alicyclic amines) is 1. The highest BCUT2D eigenvalue weighted by Gasteiger charge is 2.35. The van der Waals surface area contributed by atoms with Gasteiger partial charge in [0.25, 0.3) is 0 Å². The Labute approximate surface area is 138 Å². The van der Waals surface area contributed by atoms with Crippen molar-refractivity contribution in [2.24, 2.45) is 0 Å². The molecule has 0 aromatic carbocycles. The third-order valence-corrected chi connectivity index (χ3v) is 5.19. The minimum atomic E-state index is 0.0369. The first-order chi connectivity index (χ1) is 11.1. The largest absolute Gasteiger partial charge is 0.376 e. The van der Waals surface area contributed by atoms with Crippen LogP contribution in [0.4, 0.5) is 4.79 Å². The lowest BCUT2D eigenvalue weighted by Crippen LogP contribution is -2.48. The Morgan fingerprint density at radius 1 is 1.43 bits per heavy atom. The Bertz CT molecular complexity index is 531. The summed E-state index contributed by atoms with van der Waals surface area (Å²) in [7, 11) is 0. The molecule has 23 heavy (non-hydrogen) atoms. The highest BCUT2D eigenvalue weighted by molar-refractivity contribution is 5.75. The molecule has 0 radical (unpaired) electrons. The van der Waals surface area contributed by atoms with Gasteiger partial charge in [-0.2, -0.15) is 5.10 Å². The van der Waals surface area contributed by atoms with Crippen LogP contribution >= 0.6 is 0 Å². The number of hydrogen-bond donors (Lipinski definition) is 2. The summed E-state index contributed by atoms with van der Waals surface area (Å²) in [6, 6.07) is 0.281. The predicted octanol–water partition coefficient (Wildman–Crippen LogP) is 2.83. The van der Waals surface area contributed by atoms with Crippen LogP contribution in [0.5, 0.6) is 0 Å². The minimum absolute atomic E-state index is 0.0369. The highest BCUT2D eigenvalue weighted by atomic mass is 16.5. The van der Waals surface area contributed by atoms with Gasteiger partial charge in [0.05, 0.1) is 23.9 Å². The number of amides is 2. The van der Waals surface area contributed by atoms with E-state index in [1.165, 1.54) is 5.56 Å². The van der Waals surface area contributed by atoms with Crippen LogP contribution in [-0.2, 0) is 4.74 Å². The number of nitrogens with one attached hydrogen (secondary N) is 2. The average Bonchev–Trinajstić information content (AvgIpc) is 3.26. The molecule has 128 valence electrons. The molecule has 2 saturated heterocycles. The maximum atomic E-state index is 12.8. The zero-order chi connectivity index (χ0) is 16.4. The molecule has 3 rings (SSSR count). The van der Waals surface area contributed by atoms with Crippen molar-refractivity contribution in [1.29, 1.82) is 0 Å². The van der Waals surface area contributed by atoms with E-state index in [9.17, 15) is 4.79 Å². The molecule has 1 aromatic heterocycles. The van der Waals surface area contributed by atoms with Crippen molar-refractivity contribution in [2.45, 2.75) is 71.1 Å². The number of aromatic nitrogens is 2. The lowest BCUT2D eigenvalue weighted by atomic mass is 10.0. The fourth-order valence-electron chi connectivity index (χ4n) is 3.98. The summed E-state index contributed by atoms with van der Waals surface area (Å²) in [5, 5.41) is 10.5. The molecule has 0 unspecified atom stereocenters. The average molecular weight is 320 g/mol. The summed E-state index contributed by atoms with van der Waals surface area (Å²) < 4.78 is 5.76. The number of H-pyrrole nitrogens is 1. The monoisotopic (exact) mass is 320 g/mol. The Kier molecular flexibility index (Phi) is 4.90. The topological polar surface area (TPSA) is 70.2 Å². The van der Waals surface area contributed by atoms with Crippen molar-refractivity contribution in [3.63, 3.8) is 0 Å². The number of carbonyl (C=O) groups is 1. The van der Waals surface area contributed by atoms with E-state index in [0.717, 1.165) is 56.6 Å². The van der Waals surface area contributed by atoms with Crippen LogP contribution in [0.15, 0.2) is 0 Å². The molecule has 0 aliphatic carbocycles. The summed E-state index contributed by atoms with van der Waals surface area (Å²) in [6.45, 7) is 7.77. The van der Waals surface area contributed by atoms with Gasteiger partial charge >= 0.3 is 6.03 Å². The zero-order valence-corrected chi connectivity index (χ0v) is 14.4. The molecule has 0 spiro atoms. The lowest BCUT2D eigenvalue weighted by molar-refractivity contribution is 0.0765. The maximum Gasteiger partial charge on any atom is 0.318 e. The summed E-state index contributed by atoms with van der Waals surface area (Å²) in [4.78, 5) is 14.8. The fourth-order valence-corrected chi connectivity index (χ4v) is 3.98. The molecular weight excluding hydrogens is 292 g/mol. The van der Waals surface area contributed by atoms with Gasteiger partial charge in [0.1, 0.15) is 0 Å². The van der Waals surface area contributed by atoms with Crippen molar-refractivity contribution in [2.75, 3.05) is 13.2 Å². The number of hydrogen-bond acceptors (Lipinski definition) is 3. The second-order valence-corrected chi connectivity index (χ2v) is 6.71. The fraction of sp³-hybridized carbons (Fsp3) is 0.765. The molecule has 2 fully saturated rings. The molecule has 3 atom stereocenters. The van der Waals surface area contributed by atoms with E-state index in [-0.39, 0.29) is 24.2 Å². The predicted molar refractivity (Wildman–Crippen MR) is 88.3 cm³/mol. The quantitative estimate of drug-likeness (QED) is 0.896. The molecule has 3 heterocycles. The zero-order valence-electron chi connectivity index (χ0n) is 14.4. The number of urea groups is 1. The molecular formula is C17H28N4O2. The Balaban J connectivity index is 1.70. The molecule has 2 aliphatic heterocycles. The van der Waals surface area contributed by atoms with Gasteiger partial charge in [0.15, 0.2) is 0 Å². The van der Waals surface area contributed by atoms with Crippen LogP contribution < -0.4 is 5.32 Å². The molecule has 0 saturated carbocycles. The summed E-state index contributed by atoms with van der Waals surface area (Å²) in [6.07, 6.45) is 5.25. The normalized spacial score (nSPS) is 25.8. The van der Waals surface area contributed by atoms with E-state index < -0.39 is 0 Å². The first-order valence-corrected chi connectivity index (χ1v) is 8.82. The smallest absolute Gasteiger partial charge is 0.318 e. The second-order valence-electron chi connectivity index (χ2n) is 6.71. The summed E-state index contributed by atoms with van der Waals surface area (Å²) in [5.74, 6) is 0. The molecule has 2 amide bonds. The first kappa shape index (κ1) is 16.3. The second kappa shape index (κ2) is 6.91. The van der Waals surface area contributed by atoms with Crippen molar-refractivity contribution in [1.82, 2.24) is 20.4 Å². The van der Waals surface area contributed by atoms with Crippen LogP contribution in [0.2, 0.25) is 0 Å². The number of nitrogens with zero attached hydrogens (tertiary/aromatic N) is 2. The third kappa shape index (κ3) is 3.22. The number of ether oxygens (including phenoxy) is 1. The standard InChI is InChI=1S/C17H28N4O2/c1-4-13(15-8-6-10-23-15)18-17(22)21-9-5-7-14(21)16-11(2)19-20-12(16)3/h13-15H,4-10H2,1-3H3,(H,18,22)(H,19,20)/t13-,14+,15-/m0/s1. The van der Waals surface area contributed by atoms with Gasteiger partial charge in [-0.3, -0.25) is 5.10 Å². The van der Waals surface area contributed by atoms with Crippen LogP contribution in [0.1, 0.15) is 62.0 Å². The SMILES string of the molecule is CC[C@H](NC(=O)N1CCC[C@@H]1c1c(C)n[nH]c1C)[C@@H]1CCCO1. The van der Waals surface area contributed by atoms with Gasteiger partial charge in [-0.05, 0) is 46.0 Å². The van der Waals surface area contributed by atoms with Gasteiger partial charge in [-0.25, -0.2) is 4.79 Å². The van der Waals surface area contributed by atoms with Crippen molar-refractivity contribution >= 4 is 6.03 Å². The Morgan fingerprint density at radius 3 is 2.87 bits per heavy atom. The van der Waals surface area contributed by atoms with Crippen LogP contribution in [0.25, 0.3) is 0 Å². The summed E-state index contributed by atoms with van der Waals surface area (Å²) in [5.41, 5.74) is 3.25. The molecule has 6 nitrogen and oxygen atoms in total. The number of aromatic amines is 1. The van der Waals surface area contributed by atoms with Gasteiger partial charge < -0.3 is 15.0 Å². The van der Waals surface area contributed by atoms with Crippen molar-refractivity contribution < 1.29 is 9.53 Å². The van der Waals surface area contributed by atoms with Gasteiger partial charge in [-0.1, -0.05) is 6.92 Å². The van der Waals surface area contributed by atoms with E-state index in [0.29, 0.717) is 0 Å². The van der Waals surface area contributed by atoms with E-state index in [1.54, 1.807) is 0 Å². The van der Waals surface area contributed by atoms with E-state index in [2.05, 4.69) is 22.4 Å². The molecule has 1 aromatic rings. The Hall–Kier alpha value is -1.56. The molecule has 2 aliphatic rings. The van der Waals surface area contributed by atoms with Crippen LogP contribution in [0, 0.1) is 13.8 Å². The number of carbonyl (C=O) groups excluding carboxylic acids is 1.